The molecule has 0 radical (unpaired) electrons. The Morgan fingerprint density at radius 3 is 2.89 bits per heavy atom. The van der Waals surface area contributed by atoms with Gasteiger partial charge in [0.2, 0.25) is 0 Å². The standard InChI is InChI=1S/C16H24BrNO/c1-11(19)9-16(2,3)10-18-15-7-4-12-8-13(17)5-6-14(12)15/h5-6,8,11,15,18-19H,4,7,9-10H2,1-3H3/t11-,15+/m1/s1. The summed E-state index contributed by atoms with van der Waals surface area (Å²) < 4.78 is 1.17. The van der Waals surface area contributed by atoms with Gasteiger partial charge in [0, 0.05) is 17.1 Å². The molecule has 0 aliphatic heterocycles. The summed E-state index contributed by atoms with van der Waals surface area (Å²) in [5.74, 6) is 0. The molecule has 1 aliphatic carbocycles. The number of nitrogens with one attached hydrogen (secondary N) is 1. The summed E-state index contributed by atoms with van der Waals surface area (Å²) in [7, 11) is 0. The number of aryl methyl sites for hydroxylation is 1. The second-order valence-electron chi connectivity index (χ2n) is 6.53. The third-order valence-corrected chi connectivity index (χ3v) is 4.35. The third-order valence-electron chi connectivity index (χ3n) is 3.86. The van der Waals surface area contributed by atoms with Crippen molar-refractivity contribution in [2.45, 2.75) is 52.2 Å². The molecule has 3 heteroatoms. The molecule has 0 spiro atoms. The zero-order chi connectivity index (χ0) is 14.0. The molecule has 1 aromatic carbocycles. The predicted molar refractivity (Wildman–Crippen MR) is 83.3 cm³/mol. The van der Waals surface area contributed by atoms with Gasteiger partial charge < -0.3 is 10.4 Å². The number of benzene rings is 1. The first kappa shape index (κ1) is 15.0. The minimum atomic E-state index is -0.233. The second kappa shape index (κ2) is 5.94. The number of aliphatic hydroxyl groups excluding tert-OH is 1. The first-order chi connectivity index (χ1) is 8.87. The van der Waals surface area contributed by atoms with Crippen LogP contribution in [0.5, 0.6) is 0 Å². The van der Waals surface area contributed by atoms with Crippen LogP contribution >= 0.6 is 15.9 Å². The van der Waals surface area contributed by atoms with Crippen LogP contribution in [0.15, 0.2) is 22.7 Å². The highest BCUT2D eigenvalue weighted by atomic mass is 79.9. The number of rotatable bonds is 5. The maximum Gasteiger partial charge on any atom is 0.0517 e. The minimum Gasteiger partial charge on any atom is -0.393 e. The fraction of sp³-hybridized carbons (Fsp3) is 0.625. The minimum absolute atomic E-state index is 0.131. The molecule has 2 nitrogen and oxygen atoms in total. The van der Waals surface area contributed by atoms with E-state index in [-0.39, 0.29) is 11.5 Å². The van der Waals surface area contributed by atoms with Gasteiger partial charge in [-0.15, -0.1) is 0 Å². The van der Waals surface area contributed by atoms with Crippen LogP contribution in [0.2, 0.25) is 0 Å². The Labute approximate surface area is 124 Å². The molecular formula is C16H24BrNO. The lowest BCUT2D eigenvalue weighted by Gasteiger charge is -2.28. The van der Waals surface area contributed by atoms with E-state index in [0.717, 1.165) is 19.4 Å². The first-order valence-corrected chi connectivity index (χ1v) is 7.86. The molecule has 2 N–H and O–H groups in total. The highest BCUT2D eigenvalue weighted by Gasteiger charge is 2.26. The molecule has 0 saturated heterocycles. The Morgan fingerprint density at radius 2 is 2.21 bits per heavy atom. The van der Waals surface area contributed by atoms with Crippen molar-refractivity contribution < 1.29 is 5.11 Å². The van der Waals surface area contributed by atoms with E-state index in [1.807, 2.05) is 6.92 Å². The maximum absolute atomic E-state index is 9.54. The molecule has 0 heterocycles. The molecule has 0 bridgehead atoms. The van der Waals surface area contributed by atoms with Gasteiger partial charge in [-0.05, 0) is 54.9 Å². The Hall–Kier alpha value is -0.380. The van der Waals surface area contributed by atoms with Crippen molar-refractivity contribution in [3.8, 4) is 0 Å². The topological polar surface area (TPSA) is 32.3 Å². The lowest BCUT2D eigenvalue weighted by Crippen LogP contribution is -2.33. The van der Waals surface area contributed by atoms with Gasteiger partial charge in [-0.25, -0.2) is 0 Å². The summed E-state index contributed by atoms with van der Waals surface area (Å²) in [6.45, 7) is 7.23. The van der Waals surface area contributed by atoms with E-state index in [0.29, 0.717) is 6.04 Å². The fourth-order valence-corrected chi connectivity index (χ4v) is 3.48. The van der Waals surface area contributed by atoms with E-state index in [9.17, 15) is 5.11 Å². The molecule has 106 valence electrons. The van der Waals surface area contributed by atoms with Crippen molar-refractivity contribution in [2.75, 3.05) is 6.54 Å². The molecule has 0 aromatic heterocycles. The van der Waals surface area contributed by atoms with Gasteiger partial charge in [0.1, 0.15) is 0 Å². The van der Waals surface area contributed by atoms with Crippen LogP contribution in [0, 0.1) is 5.41 Å². The first-order valence-electron chi connectivity index (χ1n) is 7.07. The third kappa shape index (κ3) is 4.04. The van der Waals surface area contributed by atoms with E-state index in [1.54, 1.807) is 0 Å². The maximum atomic E-state index is 9.54. The van der Waals surface area contributed by atoms with Gasteiger partial charge >= 0.3 is 0 Å². The lowest BCUT2D eigenvalue weighted by molar-refractivity contribution is 0.126. The fourth-order valence-electron chi connectivity index (χ4n) is 3.07. The average molecular weight is 326 g/mol. The van der Waals surface area contributed by atoms with Crippen LogP contribution in [0.1, 0.15) is 50.8 Å². The summed E-state index contributed by atoms with van der Waals surface area (Å²) in [5, 5.41) is 13.2. The Morgan fingerprint density at radius 1 is 1.47 bits per heavy atom. The molecule has 19 heavy (non-hydrogen) atoms. The molecule has 1 aliphatic rings. The summed E-state index contributed by atoms with van der Waals surface area (Å²) in [5.41, 5.74) is 3.03. The summed E-state index contributed by atoms with van der Waals surface area (Å²) in [4.78, 5) is 0. The van der Waals surface area contributed by atoms with Gasteiger partial charge in [-0.3, -0.25) is 0 Å². The largest absolute Gasteiger partial charge is 0.393 e. The Bertz CT molecular complexity index is 442. The summed E-state index contributed by atoms with van der Waals surface area (Å²) >= 11 is 3.53. The Balaban J connectivity index is 1.96. The van der Waals surface area contributed by atoms with E-state index < -0.39 is 0 Å². The van der Waals surface area contributed by atoms with E-state index >= 15 is 0 Å². The van der Waals surface area contributed by atoms with Crippen molar-refractivity contribution in [1.29, 1.82) is 0 Å². The van der Waals surface area contributed by atoms with Crippen molar-refractivity contribution >= 4 is 15.9 Å². The quantitative estimate of drug-likeness (QED) is 0.862. The van der Waals surface area contributed by atoms with Gasteiger partial charge in [0.15, 0.2) is 0 Å². The number of aliphatic hydroxyl groups is 1. The molecule has 0 fully saturated rings. The van der Waals surface area contributed by atoms with Crippen LogP contribution in [-0.2, 0) is 6.42 Å². The molecule has 2 atom stereocenters. The summed E-state index contributed by atoms with van der Waals surface area (Å²) in [6, 6.07) is 7.06. The smallest absolute Gasteiger partial charge is 0.0517 e. The van der Waals surface area contributed by atoms with Gasteiger partial charge in [-0.1, -0.05) is 35.8 Å². The number of hydrogen-bond donors (Lipinski definition) is 2. The van der Waals surface area contributed by atoms with Crippen LogP contribution in [-0.4, -0.2) is 17.8 Å². The van der Waals surface area contributed by atoms with Gasteiger partial charge in [-0.2, -0.15) is 0 Å². The predicted octanol–water partition coefficient (Wildman–Crippen LogP) is 3.82. The Kier molecular flexibility index (Phi) is 4.70. The zero-order valence-corrected chi connectivity index (χ0v) is 13.6. The molecule has 0 unspecified atom stereocenters. The zero-order valence-electron chi connectivity index (χ0n) is 12.0. The van der Waals surface area contributed by atoms with Crippen LogP contribution < -0.4 is 5.32 Å². The average Bonchev–Trinajstić information content (AvgIpc) is 2.67. The van der Waals surface area contributed by atoms with Crippen LogP contribution in [0.25, 0.3) is 0 Å². The monoisotopic (exact) mass is 325 g/mol. The molecular weight excluding hydrogens is 302 g/mol. The van der Waals surface area contributed by atoms with Crippen molar-refractivity contribution in [1.82, 2.24) is 5.32 Å². The second-order valence-corrected chi connectivity index (χ2v) is 7.45. The van der Waals surface area contributed by atoms with E-state index in [2.05, 4.69) is 53.3 Å². The highest BCUT2D eigenvalue weighted by Crippen LogP contribution is 2.34. The van der Waals surface area contributed by atoms with Crippen molar-refractivity contribution in [3.63, 3.8) is 0 Å². The number of halogens is 1. The van der Waals surface area contributed by atoms with E-state index in [1.165, 1.54) is 22.0 Å². The van der Waals surface area contributed by atoms with Crippen molar-refractivity contribution in [2.24, 2.45) is 5.41 Å². The van der Waals surface area contributed by atoms with E-state index in [4.69, 9.17) is 0 Å². The highest BCUT2D eigenvalue weighted by molar-refractivity contribution is 9.10. The normalized spacial score (nSPS) is 20.4. The molecule has 0 saturated carbocycles. The van der Waals surface area contributed by atoms with Crippen LogP contribution in [0.3, 0.4) is 0 Å². The summed E-state index contributed by atoms with van der Waals surface area (Å²) in [6.07, 6.45) is 2.93. The van der Waals surface area contributed by atoms with Crippen LogP contribution in [0.4, 0.5) is 0 Å². The SMILES string of the molecule is C[C@@H](O)CC(C)(C)CN[C@H]1CCc2cc(Br)ccc21. The molecule has 0 amide bonds. The van der Waals surface area contributed by atoms with Crippen molar-refractivity contribution in [3.05, 3.63) is 33.8 Å². The van der Waals surface area contributed by atoms with Gasteiger partial charge in [0.25, 0.3) is 0 Å². The van der Waals surface area contributed by atoms with Gasteiger partial charge in [0.05, 0.1) is 6.10 Å². The molecule has 1 aromatic rings. The number of fused-ring (bicyclic) bond motifs is 1. The lowest BCUT2D eigenvalue weighted by atomic mass is 9.86. The number of hydrogen-bond acceptors (Lipinski definition) is 2. The molecule has 2 rings (SSSR count).